The smallest absolute Gasteiger partial charge is 0.0127 e. The number of rotatable bonds is 0. The standard InChI is InChI=1S/C14H23N/c1-12-6-13(12,2)8-14(7-12)10-4-3-9(5-10)11(14)15/h9-11H,3-8,15H2,1-2H3/t9?,10-,11+,12?,13?,14?/m0/s1. The first kappa shape index (κ1) is 9.04. The molecule has 4 fully saturated rings. The van der Waals surface area contributed by atoms with Gasteiger partial charge in [-0.25, -0.2) is 0 Å². The van der Waals surface area contributed by atoms with Crippen molar-refractivity contribution in [2.24, 2.45) is 33.8 Å². The van der Waals surface area contributed by atoms with Crippen LogP contribution >= 0.6 is 0 Å². The topological polar surface area (TPSA) is 26.0 Å². The second kappa shape index (κ2) is 2.16. The molecule has 0 saturated heterocycles. The summed E-state index contributed by atoms with van der Waals surface area (Å²) >= 11 is 0. The molecular weight excluding hydrogens is 182 g/mol. The maximum absolute atomic E-state index is 6.56. The Hall–Kier alpha value is -0.0400. The van der Waals surface area contributed by atoms with Gasteiger partial charge in [-0.3, -0.25) is 0 Å². The van der Waals surface area contributed by atoms with Gasteiger partial charge >= 0.3 is 0 Å². The van der Waals surface area contributed by atoms with Crippen molar-refractivity contribution < 1.29 is 0 Å². The third kappa shape index (κ3) is 0.800. The molecule has 15 heavy (non-hydrogen) atoms. The third-order valence-electron chi connectivity index (χ3n) is 7.01. The van der Waals surface area contributed by atoms with Crippen LogP contribution in [0.25, 0.3) is 0 Å². The SMILES string of the molecule is CC12CC3(CC1(C)C2)[C@H]1CCC(C1)[C@H]3N. The lowest BCUT2D eigenvalue weighted by molar-refractivity contribution is 0.107. The van der Waals surface area contributed by atoms with E-state index < -0.39 is 0 Å². The van der Waals surface area contributed by atoms with Crippen molar-refractivity contribution in [2.45, 2.75) is 58.4 Å². The van der Waals surface area contributed by atoms with Crippen LogP contribution < -0.4 is 5.73 Å². The molecule has 2 N–H and O–H groups in total. The van der Waals surface area contributed by atoms with Gasteiger partial charge in [0.1, 0.15) is 0 Å². The summed E-state index contributed by atoms with van der Waals surface area (Å²) in [6.45, 7) is 5.03. The van der Waals surface area contributed by atoms with Crippen LogP contribution in [0.3, 0.4) is 0 Å². The van der Waals surface area contributed by atoms with Gasteiger partial charge < -0.3 is 5.73 Å². The Morgan fingerprint density at radius 3 is 2.20 bits per heavy atom. The average molecular weight is 205 g/mol. The Morgan fingerprint density at radius 2 is 1.67 bits per heavy atom. The number of nitrogens with two attached hydrogens (primary N) is 1. The zero-order valence-electron chi connectivity index (χ0n) is 10.1. The molecule has 0 amide bonds. The summed E-state index contributed by atoms with van der Waals surface area (Å²) in [4.78, 5) is 0. The van der Waals surface area contributed by atoms with Crippen molar-refractivity contribution in [1.29, 1.82) is 0 Å². The lowest BCUT2D eigenvalue weighted by Gasteiger charge is -2.41. The van der Waals surface area contributed by atoms with E-state index >= 15 is 0 Å². The van der Waals surface area contributed by atoms with E-state index in [1.54, 1.807) is 0 Å². The summed E-state index contributed by atoms with van der Waals surface area (Å²) in [5.74, 6) is 1.89. The van der Waals surface area contributed by atoms with Crippen molar-refractivity contribution in [3.8, 4) is 0 Å². The molecule has 0 aromatic heterocycles. The molecule has 1 nitrogen and oxygen atoms in total. The maximum Gasteiger partial charge on any atom is 0.0127 e. The summed E-state index contributed by atoms with van der Waals surface area (Å²) in [7, 11) is 0. The molecule has 4 rings (SSSR count). The number of hydrogen-bond donors (Lipinski definition) is 1. The van der Waals surface area contributed by atoms with Gasteiger partial charge in [-0.05, 0) is 66.6 Å². The zero-order chi connectivity index (χ0) is 10.5. The van der Waals surface area contributed by atoms with Crippen molar-refractivity contribution in [2.75, 3.05) is 0 Å². The van der Waals surface area contributed by atoms with Crippen LogP contribution in [0.1, 0.15) is 52.4 Å². The molecule has 0 aromatic carbocycles. The monoisotopic (exact) mass is 205 g/mol. The second-order valence-corrected chi connectivity index (χ2v) is 7.68. The highest BCUT2D eigenvalue weighted by Crippen LogP contribution is 2.82. The van der Waals surface area contributed by atoms with Crippen LogP contribution in [-0.2, 0) is 0 Å². The first-order valence-corrected chi connectivity index (χ1v) is 6.75. The lowest BCUT2D eigenvalue weighted by atomic mass is 9.66. The van der Waals surface area contributed by atoms with Crippen LogP contribution in [0, 0.1) is 28.1 Å². The molecule has 4 saturated carbocycles. The van der Waals surface area contributed by atoms with Gasteiger partial charge in [-0.15, -0.1) is 0 Å². The molecule has 0 aliphatic heterocycles. The van der Waals surface area contributed by atoms with Crippen LogP contribution in [0.5, 0.6) is 0 Å². The molecule has 4 aliphatic rings. The average Bonchev–Trinajstić information content (AvgIpc) is 2.61. The minimum absolute atomic E-state index is 0.553. The molecule has 1 heteroatoms. The van der Waals surface area contributed by atoms with E-state index in [0.29, 0.717) is 22.3 Å². The first-order valence-electron chi connectivity index (χ1n) is 6.75. The zero-order valence-corrected chi connectivity index (χ0v) is 10.1. The quantitative estimate of drug-likeness (QED) is 0.646. The molecular formula is C14H23N. The summed E-state index contributed by atoms with van der Waals surface area (Å²) in [6, 6.07) is 0.553. The van der Waals surface area contributed by atoms with Gasteiger partial charge in [0.25, 0.3) is 0 Å². The molecule has 84 valence electrons. The normalized spacial score (nSPS) is 70.2. The Morgan fingerprint density at radius 1 is 1.00 bits per heavy atom. The molecule has 0 radical (unpaired) electrons. The summed E-state index contributed by atoms with van der Waals surface area (Å²) in [5, 5.41) is 0. The molecule has 4 aliphatic carbocycles. The third-order valence-corrected chi connectivity index (χ3v) is 7.01. The largest absolute Gasteiger partial charge is 0.327 e. The van der Waals surface area contributed by atoms with E-state index in [2.05, 4.69) is 13.8 Å². The van der Waals surface area contributed by atoms with Gasteiger partial charge in [-0.1, -0.05) is 13.8 Å². The lowest BCUT2D eigenvalue weighted by Crippen LogP contribution is -2.46. The number of fused-ring (bicyclic) bond motifs is 4. The van der Waals surface area contributed by atoms with Crippen LogP contribution in [0.15, 0.2) is 0 Å². The van der Waals surface area contributed by atoms with Crippen molar-refractivity contribution in [3.63, 3.8) is 0 Å². The molecule has 5 atom stereocenters. The van der Waals surface area contributed by atoms with Gasteiger partial charge in [0.2, 0.25) is 0 Å². The molecule has 0 heterocycles. The highest BCUT2D eigenvalue weighted by atomic mass is 14.9. The fraction of sp³-hybridized carbons (Fsp3) is 1.00. The fourth-order valence-corrected chi connectivity index (χ4v) is 6.01. The van der Waals surface area contributed by atoms with E-state index in [0.717, 1.165) is 11.8 Å². The first-order chi connectivity index (χ1) is 6.99. The van der Waals surface area contributed by atoms with E-state index in [1.165, 1.54) is 38.5 Å². The molecule has 1 spiro atoms. The second-order valence-electron chi connectivity index (χ2n) is 7.68. The van der Waals surface area contributed by atoms with Crippen LogP contribution in [-0.4, -0.2) is 6.04 Å². The van der Waals surface area contributed by atoms with Crippen molar-refractivity contribution in [3.05, 3.63) is 0 Å². The summed E-state index contributed by atoms with van der Waals surface area (Å²) in [6.07, 6.45) is 8.78. The van der Waals surface area contributed by atoms with E-state index in [9.17, 15) is 0 Å². The number of hydrogen-bond acceptors (Lipinski definition) is 1. The van der Waals surface area contributed by atoms with E-state index in [-0.39, 0.29) is 0 Å². The Bertz CT molecular complexity index is 316. The van der Waals surface area contributed by atoms with Crippen LogP contribution in [0.2, 0.25) is 0 Å². The van der Waals surface area contributed by atoms with Gasteiger partial charge in [0, 0.05) is 6.04 Å². The Kier molecular flexibility index (Phi) is 1.30. The minimum atomic E-state index is 0.553. The molecule has 2 bridgehead atoms. The maximum atomic E-state index is 6.56. The highest BCUT2D eigenvalue weighted by Gasteiger charge is 2.75. The van der Waals surface area contributed by atoms with Crippen LogP contribution in [0.4, 0.5) is 0 Å². The Balaban J connectivity index is 1.73. The predicted molar refractivity (Wildman–Crippen MR) is 61.3 cm³/mol. The minimum Gasteiger partial charge on any atom is -0.327 e. The van der Waals surface area contributed by atoms with Gasteiger partial charge in [0.05, 0.1) is 0 Å². The fourth-order valence-electron chi connectivity index (χ4n) is 6.01. The summed E-state index contributed by atoms with van der Waals surface area (Å²) < 4.78 is 0. The van der Waals surface area contributed by atoms with Gasteiger partial charge in [-0.2, -0.15) is 0 Å². The molecule has 0 aromatic rings. The molecule has 3 unspecified atom stereocenters. The van der Waals surface area contributed by atoms with Crippen molar-refractivity contribution >= 4 is 0 Å². The highest BCUT2D eigenvalue weighted by molar-refractivity contribution is 5.25. The van der Waals surface area contributed by atoms with Crippen molar-refractivity contribution in [1.82, 2.24) is 0 Å². The van der Waals surface area contributed by atoms with Gasteiger partial charge in [0.15, 0.2) is 0 Å². The Labute approximate surface area is 92.8 Å². The predicted octanol–water partition coefficient (Wildman–Crippen LogP) is 2.94. The van der Waals surface area contributed by atoms with E-state index in [1.807, 2.05) is 0 Å². The van der Waals surface area contributed by atoms with E-state index in [4.69, 9.17) is 5.73 Å². The summed E-state index contributed by atoms with van der Waals surface area (Å²) in [5.41, 5.74) is 8.50.